The third kappa shape index (κ3) is 7.09. The van der Waals surface area contributed by atoms with Gasteiger partial charge in [0, 0.05) is 48.4 Å². The molecule has 3 amide bonds. The van der Waals surface area contributed by atoms with Gasteiger partial charge >= 0.3 is 5.97 Å². The SMILES string of the molecule is NC(Cc1ccccc1)C(=O)N1CCCC1C(=O)NC(Cc1cnc[nH]1)C(=O)NC(Cc1c[nH]c2ccccc12)C(=O)O. The van der Waals surface area contributed by atoms with Crippen LogP contribution in [0.15, 0.2) is 73.3 Å². The lowest BCUT2D eigenvalue weighted by molar-refractivity contribution is -0.143. The van der Waals surface area contributed by atoms with Crippen molar-refractivity contribution in [3.63, 3.8) is 0 Å². The molecule has 0 radical (unpaired) electrons. The smallest absolute Gasteiger partial charge is 0.326 e. The van der Waals surface area contributed by atoms with E-state index in [0.29, 0.717) is 31.5 Å². The minimum absolute atomic E-state index is 0.0417. The molecule has 5 rings (SSSR count). The lowest BCUT2D eigenvalue weighted by atomic mass is 10.0. The number of aromatic nitrogens is 3. The third-order valence-corrected chi connectivity index (χ3v) is 7.78. The van der Waals surface area contributed by atoms with Crippen molar-refractivity contribution in [1.82, 2.24) is 30.5 Å². The summed E-state index contributed by atoms with van der Waals surface area (Å²) in [5.41, 5.74) is 9.34. The fraction of sp³-hybridized carbons (Fsp3) is 0.323. The van der Waals surface area contributed by atoms with E-state index in [1.807, 2.05) is 54.6 Å². The van der Waals surface area contributed by atoms with Gasteiger partial charge in [0.15, 0.2) is 0 Å². The fourth-order valence-electron chi connectivity index (χ4n) is 5.56. The minimum Gasteiger partial charge on any atom is -0.480 e. The zero-order valence-corrected chi connectivity index (χ0v) is 23.5. The van der Waals surface area contributed by atoms with E-state index in [4.69, 9.17) is 5.73 Å². The van der Waals surface area contributed by atoms with E-state index in [0.717, 1.165) is 22.0 Å². The summed E-state index contributed by atoms with van der Waals surface area (Å²) in [6.45, 7) is 0.378. The fourth-order valence-corrected chi connectivity index (χ4v) is 5.56. The van der Waals surface area contributed by atoms with E-state index >= 15 is 0 Å². The first-order valence-electron chi connectivity index (χ1n) is 14.3. The van der Waals surface area contributed by atoms with Crippen LogP contribution in [0.25, 0.3) is 10.9 Å². The Morgan fingerprint density at radius 2 is 1.74 bits per heavy atom. The van der Waals surface area contributed by atoms with Crippen LogP contribution in [0, 0.1) is 0 Å². The highest BCUT2D eigenvalue weighted by Gasteiger charge is 2.38. The second-order valence-electron chi connectivity index (χ2n) is 10.8. The zero-order chi connectivity index (χ0) is 30.3. The van der Waals surface area contributed by atoms with Crippen molar-refractivity contribution >= 4 is 34.6 Å². The Morgan fingerprint density at radius 3 is 2.49 bits per heavy atom. The highest BCUT2D eigenvalue weighted by atomic mass is 16.4. The standard InChI is InChI=1S/C31H35N7O5/c32-23(13-19-7-2-1-3-8-19)30(41)38-12-6-11-27(38)29(40)36-25(15-21-17-33-18-35-21)28(39)37-26(31(42)43)14-20-16-34-24-10-5-4-9-22(20)24/h1-5,7-10,16-18,23,25-27,34H,6,11-15,32H2,(H,33,35)(H,36,40)(H,37,39)(H,42,43). The van der Waals surface area contributed by atoms with Gasteiger partial charge in [-0.2, -0.15) is 0 Å². The van der Waals surface area contributed by atoms with E-state index in [9.17, 15) is 24.3 Å². The molecule has 4 aromatic rings. The van der Waals surface area contributed by atoms with Gasteiger partial charge in [-0.3, -0.25) is 14.4 Å². The summed E-state index contributed by atoms with van der Waals surface area (Å²) in [6.07, 6.45) is 6.17. The molecule has 1 aliphatic rings. The molecule has 7 N–H and O–H groups in total. The summed E-state index contributed by atoms with van der Waals surface area (Å²) in [6, 6.07) is 12.9. The number of nitrogens with one attached hydrogen (secondary N) is 4. The number of fused-ring (bicyclic) bond motifs is 1. The maximum atomic E-state index is 13.5. The number of carbonyl (C=O) groups excluding carboxylic acids is 3. The number of imidazole rings is 1. The normalized spacial score (nSPS) is 16.9. The van der Waals surface area contributed by atoms with E-state index < -0.39 is 42.0 Å². The van der Waals surface area contributed by atoms with Crippen molar-refractivity contribution in [3.05, 3.63) is 90.1 Å². The molecule has 1 saturated heterocycles. The average molecular weight is 586 g/mol. The number of carboxylic acids is 1. The highest BCUT2D eigenvalue weighted by Crippen LogP contribution is 2.21. The van der Waals surface area contributed by atoms with Gasteiger partial charge in [-0.25, -0.2) is 9.78 Å². The number of H-pyrrole nitrogens is 2. The monoisotopic (exact) mass is 585 g/mol. The van der Waals surface area contributed by atoms with Crippen molar-refractivity contribution in [2.45, 2.75) is 56.3 Å². The van der Waals surface area contributed by atoms with Gasteiger partial charge in [0.1, 0.15) is 18.1 Å². The van der Waals surface area contributed by atoms with Crippen molar-refractivity contribution in [1.29, 1.82) is 0 Å². The molecule has 1 fully saturated rings. The van der Waals surface area contributed by atoms with E-state index in [1.165, 1.54) is 17.4 Å². The number of likely N-dealkylation sites (tertiary alicyclic amines) is 1. The number of carbonyl (C=O) groups is 4. The Bertz CT molecular complexity index is 1570. The zero-order valence-electron chi connectivity index (χ0n) is 23.5. The predicted octanol–water partition coefficient (Wildman–Crippen LogP) is 1.29. The van der Waals surface area contributed by atoms with Crippen molar-refractivity contribution in [2.75, 3.05) is 6.54 Å². The van der Waals surface area contributed by atoms with Gasteiger partial charge in [-0.15, -0.1) is 0 Å². The van der Waals surface area contributed by atoms with Gasteiger partial charge in [-0.05, 0) is 36.5 Å². The number of benzene rings is 2. The van der Waals surface area contributed by atoms with Crippen molar-refractivity contribution < 1.29 is 24.3 Å². The first-order valence-corrected chi connectivity index (χ1v) is 14.3. The van der Waals surface area contributed by atoms with Crippen LogP contribution in [0.1, 0.15) is 29.7 Å². The number of aromatic amines is 2. The average Bonchev–Trinajstić information content (AvgIpc) is 3.78. The first-order chi connectivity index (χ1) is 20.8. The summed E-state index contributed by atoms with van der Waals surface area (Å²) >= 11 is 0. The maximum absolute atomic E-state index is 13.5. The van der Waals surface area contributed by atoms with Crippen LogP contribution in [-0.4, -0.2) is 79.4 Å². The Kier molecular flexibility index (Phi) is 9.16. The molecule has 0 aliphatic carbocycles. The van der Waals surface area contributed by atoms with Crippen LogP contribution < -0.4 is 16.4 Å². The van der Waals surface area contributed by atoms with E-state index in [-0.39, 0.29) is 18.7 Å². The minimum atomic E-state index is -1.24. The van der Waals surface area contributed by atoms with Gasteiger partial charge in [-0.1, -0.05) is 48.5 Å². The summed E-state index contributed by atoms with van der Waals surface area (Å²) in [4.78, 5) is 64.0. The van der Waals surface area contributed by atoms with Gasteiger partial charge in [0.2, 0.25) is 17.7 Å². The van der Waals surface area contributed by atoms with Crippen LogP contribution in [0.5, 0.6) is 0 Å². The Labute approximate surface area is 248 Å². The molecule has 3 heterocycles. The van der Waals surface area contributed by atoms with Crippen LogP contribution >= 0.6 is 0 Å². The Balaban J connectivity index is 1.28. The molecule has 2 aromatic heterocycles. The molecular weight excluding hydrogens is 550 g/mol. The molecule has 0 bridgehead atoms. The number of nitrogens with two attached hydrogens (primary N) is 1. The van der Waals surface area contributed by atoms with Crippen LogP contribution in [0.3, 0.4) is 0 Å². The predicted molar refractivity (Wildman–Crippen MR) is 159 cm³/mol. The Hall–Kier alpha value is -4.97. The van der Waals surface area contributed by atoms with E-state index in [2.05, 4.69) is 25.6 Å². The second kappa shape index (κ2) is 13.3. The molecule has 0 saturated carbocycles. The third-order valence-electron chi connectivity index (χ3n) is 7.78. The summed E-state index contributed by atoms with van der Waals surface area (Å²) in [7, 11) is 0. The number of hydrogen-bond acceptors (Lipinski definition) is 6. The maximum Gasteiger partial charge on any atom is 0.326 e. The number of para-hydroxylation sites is 1. The summed E-state index contributed by atoms with van der Waals surface area (Å²) < 4.78 is 0. The largest absolute Gasteiger partial charge is 0.480 e. The number of amides is 3. The molecule has 12 heteroatoms. The highest BCUT2D eigenvalue weighted by molar-refractivity contribution is 5.95. The number of rotatable bonds is 12. The topological polar surface area (TPSA) is 186 Å². The van der Waals surface area contributed by atoms with Gasteiger partial charge in [0.05, 0.1) is 12.4 Å². The number of carboxylic acid groups (broad SMARTS) is 1. The molecule has 2 aromatic carbocycles. The summed E-state index contributed by atoms with van der Waals surface area (Å²) in [5.74, 6) is -2.70. The molecular formula is C31H35N7O5. The van der Waals surface area contributed by atoms with Gasteiger partial charge in [0.25, 0.3) is 0 Å². The van der Waals surface area contributed by atoms with Crippen LogP contribution in [0.4, 0.5) is 0 Å². The molecule has 4 atom stereocenters. The molecule has 4 unspecified atom stereocenters. The van der Waals surface area contributed by atoms with E-state index in [1.54, 1.807) is 6.20 Å². The first kappa shape index (κ1) is 29.5. The van der Waals surface area contributed by atoms with Gasteiger partial charge < -0.3 is 36.3 Å². The molecule has 12 nitrogen and oxygen atoms in total. The van der Waals surface area contributed by atoms with Crippen molar-refractivity contribution in [3.8, 4) is 0 Å². The van der Waals surface area contributed by atoms with Crippen LogP contribution in [0.2, 0.25) is 0 Å². The number of hydrogen-bond donors (Lipinski definition) is 6. The lowest BCUT2D eigenvalue weighted by Gasteiger charge is -2.28. The second-order valence-corrected chi connectivity index (χ2v) is 10.8. The molecule has 43 heavy (non-hydrogen) atoms. The quantitative estimate of drug-likeness (QED) is 0.145. The number of nitrogens with zero attached hydrogens (tertiary/aromatic N) is 2. The Morgan fingerprint density at radius 1 is 0.977 bits per heavy atom. The number of aliphatic carboxylic acids is 1. The lowest BCUT2D eigenvalue weighted by Crippen LogP contribution is -2.57. The molecule has 0 spiro atoms. The summed E-state index contributed by atoms with van der Waals surface area (Å²) in [5, 5.41) is 16.2. The van der Waals surface area contributed by atoms with Crippen molar-refractivity contribution in [2.24, 2.45) is 5.73 Å². The molecule has 224 valence electrons. The van der Waals surface area contributed by atoms with Crippen LogP contribution in [-0.2, 0) is 38.4 Å². The molecule has 1 aliphatic heterocycles.